The molecule has 0 bridgehead atoms. The number of aliphatic carboxylic acids is 1. The van der Waals surface area contributed by atoms with Crippen molar-refractivity contribution < 1.29 is 24.4 Å². The van der Waals surface area contributed by atoms with E-state index in [4.69, 9.17) is 0 Å². The molecule has 0 radical (unpaired) electrons. The summed E-state index contributed by atoms with van der Waals surface area (Å²) in [6, 6.07) is 21.3. The van der Waals surface area contributed by atoms with Crippen LogP contribution in [0.5, 0.6) is 0 Å². The van der Waals surface area contributed by atoms with E-state index in [9.17, 15) is 29.6 Å². The highest BCUT2D eigenvalue weighted by molar-refractivity contribution is 6.15. The van der Waals surface area contributed by atoms with Gasteiger partial charge >= 0.3 is 5.97 Å². The first-order valence-electron chi connectivity index (χ1n) is 9.84. The van der Waals surface area contributed by atoms with Crippen molar-refractivity contribution in [3.8, 4) is 0 Å². The molecular formula is C24H18N2O6. The van der Waals surface area contributed by atoms with Gasteiger partial charge in [-0.1, -0.05) is 60.7 Å². The van der Waals surface area contributed by atoms with E-state index in [-0.39, 0.29) is 11.4 Å². The summed E-state index contributed by atoms with van der Waals surface area (Å²) >= 11 is 0. The van der Waals surface area contributed by atoms with E-state index < -0.39 is 40.5 Å². The Labute approximate surface area is 182 Å². The van der Waals surface area contributed by atoms with E-state index >= 15 is 0 Å². The molecule has 160 valence electrons. The van der Waals surface area contributed by atoms with Crippen LogP contribution in [-0.2, 0) is 9.59 Å². The Kier molecular flexibility index (Phi) is 5.51. The fraction of sp³-hybridized carbons (Fsp3) is 0.125. The summed E-state index contributed by atoms with van der Waals surface area (Å²) in [5.41, 5.74) is 1.02. The number of non-ortho nitro benzene ring substituents is 1. The Hall–Kier alpha value is -4.33. The molecule has 4 rings (SSSR count). The van der Waals surface area contributed by atoms with E-state index in [1.54, 1.807) is 60.7 Å². The highest BCUT2D eigenvalue weighted by Gasteiger charge is 2.56. The van der Waals surface area contributed by atoms with Crippen molar-refractivity contribution in [2.45, 2.75) is 6.04 Å². The van der Waals surface area contributed by atoms with E-state index in [0.29, 0.717) is 11.1 Å². The first-order valence-corrected chi connectivity index (χ1v) is 9.84. The summed E-state index contributed by atoms with van der Waals surface area (Å²) < 4.78 is 0. The normalized spacial score (nSPS) is 20.2. The monoisotopic (exact) mass is 430 g/mol. The van der Waals surface area contributed by atoms with Gasteiger partial charge in [0.25, 0.3) is 5.69 Å². The minimum absolute atomic E-state index is 0.164. The number of rotatable bonds is 6. The predicted molar refractivity (Wildman–Crippen MR) is 115 cm³/mol. The van der Waals surface area contributed by atoms with Crippen molar-refractivity contribution in [3.05, 3.63) is 106 Å². The van der Waals surface area contributed by atoms with Gasteiger partial charge in [0.1, 0.15) is 5.92 Å². The Balaban J connectivity index is 1.88. The molecule has 1 aliphatic rings. The summed E-state index contributed by atoms with van der Waals surface area (Å²) in [6.07, 6.45) is 0. The van der Waals surface area contributed by atoms with Crippen LogP contribution in [-0.4, -0.2) is 27.7 Å². The maximum absolute atomic E-state index is 13.5. The van der Waals surface area contributed by atoms with Crippen LogP contribution < -0.4 is 4.90 Å². The van der Waals surface area contributed by atoms with Gasteiger partial charge in [0.2, 0.25) is 5.91 Å². The molecular weight excluding hydrogens is 412 g/mol. The summed E-state index contributed by atoms with van der Waals surface area (Å²) in [6.45, 7) is 0. The molecule has 0 saturated carbocycles. The lowest BCUT2D eigenvalue weighted by Gasteiger charge is -2.28. The molecule has 1 saturated heterocycles. The third-order valence-corrected chi connectivity index (χ3v) is 5.59. The number of nitro groups is 1. The SMILES string of the molecule is O=C(O)[C@@H]1C(=O)N(c2ccc([N+](=O)[O-])cc2)[C@H](c2ccccc2)[C@H]1C(=O)c1ccccc1. The van der Waals surface area contributed by atoms with Crippen LogP contribution in [0.2, 0.25) is 0 Å². The molecule has 3 aromatic carbocycles. The zero-order valence-electron chi connectivity index (χ0n) is 16.7. The molecule has 1 heterocycles. The quantitative estimate of drug-likeness (QED) is 0.274. The van der Waals surface area contributed by atoms with E-state index in [0.717, 1.165) is 0 Å². The number of benzene rings is 3. The van der Waals surface area contributed by atoms with Crippen molar-refractivity contribution in [3.63, 3.8) is 0 Å². The molecule has 0 spiro atoms. The van der Waals surface area contributed by atoms with Crippen LogP contribution in [0.1, 0.15) is 22.0 Å². The average molecular weight is 430 g/mol. The Morgan fingerprint density at radius 3 is 1.97 bits per heavy atom. The van der Waals surface area contributed by atoms with Crippen molar-refractivity contribution in [2.75, 3.05) is 4.90 Å². The summed E-state index contributed by atoms with van der Waals surface area (Å²) in [7, 11) is 0. The lowest BCUT2D eigenvalue weighted by Crippen LogP contribution is -2.32. The largest absolute Gasteiger partial charge is 0.481 e. The van der Waals surface area contributed by atoms with Gasteiger partial charge in [-0.25, -0.2) is 0 Å². The third kappa shape index (κ3) is 3.62. The molecule has 3 atom stereocenters. The minimum Gasteiger partial charge on any atom is -0.481 e. The van der Waals surface area contributed by atoms with Gasteiger partial charge in [-0.05, 0) is 17.7 Å². The highest BCUT2D eigenvalue weighted by Crippen LogP contribution is 2.46. The molecule has 3 aromatic rings. The summed E-state index contributed by atoms with van der Waals surface area (Å²) in [5.74, 6) is -5.36. The number of hydrogen-bond acceptors (Lipinski definition) is 5. The highest BCUT2D eigenvalue weighted by atomic mass is 16.6. The Morgan fingerprint density at radius 2 is 1.44 bits per heavy atom. The van der Waals surface area contributed by atoms with Crippen LogP contribution in [0.25, 0.3) is 0 Å². The number of nitro benzene ring substituents is 1. The smallest absolute Gasteiger partial charge is 0.316 e. The van der Waals surface area contributed by atoms with Crippen LogP contribution in [0.15, 0.2) is 84.9 Å². The third-order valence-electron chi connectivity index (χ3n) is 5.59. The number of carboxylic acids is 1. The van der Waals surface area contributed by atoms with Crippen LogP contribution in [0.4, 0.5) is 11.4 Å². The van der Waals surface area contributed by atoms with E-state index in [2.05, 4.69) is 0 Å². The maximum atomic E-state index is 13.5. The molecule has 8 nitrogen and oxygen atoms in total. The fourth-order valence-corrected chi connectivity index (χ4v) is 4.16. The second-order valence-corrected chi connectivity index (χ2v) is 7.41. The molecule has 1 N–H and O–H groups in total. The predicted octanol–water partition coefficient (Wildman–Crippen LogP) is 3.88. The summed E-state index contributed by atoms with van der Waals surface area (Å²) in [4.78, 5) is 50.7. The lowest BCUT2D eigenvalue weighted by molar-refractivity contribution is -0.384. The zero-order chi connectivity index (χ0) is 22.8. The number of nitrogens with zero attached hydrogens (tertiary/aromatic N) is 2. The number of hydrogen-bond donors (Lipinski definition) is 1. The molecule has 1 amide bonds. The second kappa shape index (κ2) is 8.43. The van der Waals surface area contributed by atoms with Gasteiger partial charge in [0, 0.05) is 23.4 Å². The number of carbonyl (C=O) groups excluding carboxylic acids is 2. The van der Waals surface area contributed by atoms with E-state index in [1.807, 2.05) is 0 Å². The van der Waals surface area contributed by atoms with Crippen LogP contribution in [0.3, 0.4) is 0 Å². The molecule has 8 heteroatoms. The van der Waals surface area contributed by atoms with Gasteiger partial charge < -0.3 is 10.0 Å². The number of amides is 1. The first-order chi connectivity index (χ1) is 15.4. The topological polar surface area (TPSA) is 118 Å². The zero-order valence-corrected chi connectivity index (χ0v) is 16.7. The summed E-state index contributed by atoms with van der Waals surface area (Å²) in [5, 5.41) is 20.9. The van der Waals surface area contributed by atoms with Gasteiger partial charge in [-0.15, -0.1) is 0 Å². The first kappa shape index (κ1) is 20.9. The molecule has 1 fully saturated rings. The number of carboxylic acid groups (broad SMARTS) is 1. The van der Waals surface area contributed by atoms with Crippen molar-refractivity contribution in [1.29, 1.82) is 0 Å². The van der Waals surface area contributed by atoms with Crippen molar-refractivity contribution in [2.24, 2.45) is 11.8 Å². The Bertz CT molecular complexity index is 1180. The van der Waals surface area contributed by atoms with Gasteiger partial charge in [0.05, 0.1) is 16.9 Å². The van der Waals surface area contributed by atoms with Gasteiger partial charge in [0.15, 0.2) is 5.78 Å². The molecule has 1 aliphatic heterocycles. The van der Waals surface area contributed by atoms with Crippen molar-refractivity contribution >= 4 is 29.0 Å². The Morgan fingerprint density at radius 1 is 0.875 bits per heavy atom. The van der Waals surface area contributed by atoms with Crippen LogP contribution >= 0.6 is 0 Å². The van der Waals surface area contributed by atoms with Crippen LogP contribution in [0, 0.1) is 22.0 Å². The number of carbonyl (C=O) groups is 3. The minimum atomic E-state index is -1.59. The van der Waals surface area contributed by atoms with E-state index in [1.165, 1.54) is 29.2 Å². The molecule has 32 heavy (non-hydrogen) atoms. The van der Waals surface area contributed by atoms with Gasteiger partial charge in [-0.2, -0.15) is 0 Å². The molecule has 0 aromatic heterocycles. The number of anilines is 1. The molecule has 0 aliphatic carbocycles. The lowest BCUT2D eigenvalue weighted by atomic mass is 9.81. The molecule has 0 unspecified atom stereocenters. The standard InChI is InChI=1S/C24H18N2O6/c27-22(16-9-5-2-6-10-16)19-20(24(29)30)23(28)25(21(19)15-7-3-1-4-8-15)17-11-13-18(14-12-17)26(31)32/h1-14,19-21H,(H,29,30)/t19-,20-,21+/m0/s1. The van der Waals surface area contributed by atoms with Gasteiger partial charge in [-0.3, -0.25) is 24.5 Å². The number of ketones is 1. The fourth-order valence-electron chi connectivity index (χ4n) is 4.16. The van der Waals surface area contributed by atoms with Crippen molar-refractivity contribution in [1.82, 2.24) is 0 Å². The second-order valence-electron chi connectivity index (χ2n) is 7.41. The number of Topliss-reactive ketones (excluding diaryl/α,β-unsaturated/α-hetero) is 1. The average Bonchev–Trinajstić information content (AvgIpc) is 3.12. The maximum Gasteiger partial charge on any atom is 0.316 e.